The lowest BCUT2D eigenvalue weighted by atomic mass is 10.0. The van der Waals surface area contributed by atoms with Gasteiger partial charge in [0.25, 0.3) is 6.43 Å². The third kappa shape index (κ3) is 4.73. The molecule has 0 N–H and O–H groups in total. The number of hydrogen-bond donors (Lipinski definition) is 0. The molecule has 0 aliphatic rings. The fourth-order valence-electron chi connectivity index (χ4n) is 2.54. The number of esters is 1. The van der Waals surface area contributed by atoms with Gasteiger partial charge in [0.2, 0.25) is 0 Å². The number of carbonyl (C=O) groups is 1. The van der Waals surface area contributed by atoms with E-state index in [9.17, 15) is 13.6 Å². The second-order valence-corrected chi connectivity index (χ2v) is 6.21. The molecular weight excluding hydrogens is 362 g/mol. The lowest BCUT2D eigenvalue weighted by Crippen LogP contribution is -2.09. The van der Waals surface area contributed by atoms with Gasteiger partial charge in [-0.05, 0) is 48.7 Å². The Labute approximate surface area is 156 Å². The van der Waals surface area contributed by atoms with Crippen LogP contribution < -0.4 is 9.47 Å². The minimum Gasteiger partial charge on any atom is -0.488 e. The zero-order valence-electron chi connectivity index (χ0n) is 14.9. The Morgan fingerprint density at radius 1 is 1.19 bits per heavy atom. The van der Waals surface area contributed by atoms with E-state index in [1.165, 1.54) is 6.07 Å². The Balaban J connectivity index is 2.32. The molecule has 0 unspecified atom stereocenters. The molecule has 0 amide bonds. The SMILES string of the molecule is CCC(=O)Oc1cccc(Cl)c1COc1cc(C)c(CC)cc1C(F)F. The van der Waals surface area contributed by atoms with Crippen molar-refractivity contribution in [1.29, 1.82) is 0 Å². The van der Waals surface area contributed by atoms with Gasteiger partial charge in [-0.15, -0.1) is 0 Å². The largest absolute Gasteiger partial charge is 0.488 e. The molecule has 26 heavy (non-hydrogen) atoms. The molecule has 0 aliphatic heterocycles. The van der Waals surface area contributed by atoms with E-state index in [4.69, 9.17) is 21.1 Å². The van der Waals surface area contributed by atoms with Crippen LogP contribution in [0.15, 0.2) is 30.3 Å². The van der Waals surface area contributed by atoms with Crippen molar-refractivity contribution in [2.75, 3.05) is 0 Å². The molecule has 6 heteroatoms. The van der Waals surface area contributed by atoms with Gasteiger partial charge in [-0.25, -0.2) is 8.78 Å². The van der Waals surface area contributed by atoms with Gasteiger partial charge < -0.3 is 9.47 Å². The molecule has 0 fully saturated rings. The maximum atomic E-state index is 13.4. The molecule has 0 radical (unpaired) electrons. The molecule has 2 aromatic carbocycles. The highest BCUT2D eigenvalue weighted by atomic mass is 35.5. The van der Waals surface area contributed by atoms with E-state index in [0.29, 0.717) is 17.0 Å². The molecule has 2 rings (SSSR count). The Hall–Kier alpha value is -2.14. The van der Waals surface area contributed by atoms with E-state index in [2.05, 4.69) is 0 Å². The molecule has 0 aromatic heterocycles. The quantitative estimate of drug-likeness (QED) is 0.432. The predicted octanol–water partition coefficient (Wildman–Crippen LogP) is 6.04. The number of hydrogen-bond acceptors (Lipinski definition) is 3. The lowest BCUT2D eigenvalue weighted by Gasteiger charge is -2.16. The van der Waals surface area contributed by atoms with Crippen LogP contribution in [0, 0.1) is 6.92 Å². The van der Waals surface area contributed by atoms with E-state index >= 15 is 0 Å². The van der Waals surface area contributed by atoms with Crippen molar-refractivity contribution in [3.8, 4) is 11.5 Å². The number of carbonyl (C=O) groups excluding carboxylic acids is 1. The van der Waals surface area contributed by atoms with Crippen LogP contribution in [0.4, 0.5) is 8.78 Å². The third-order valence-corrected chi connectivity index (χ3v) is 4.40. The van der Waals surface area contributed by atoms with Crippen molar-refractivity contribution < 1.29 is 23.0 Å². The summed E-state index contributed by atoms with van der Waals surface area (Å²) < 4.78 is 37.7. The van der Waals surface area contributed by atoms with Crippen molar-refractivity contribution in [2.24, 2.45) is 0 Å². The Bertz CT molecular complexity index is 791. The molecule has 0 bridgehead atoms. The van der Waals surface area contributed by atoms with Gasteiger partial charge in [0, 0.05) is 6.42 Å². The Morgan fingerprint density at radius 3 is 2.54 bits per heavy atom. The van der Waals surface area contributed by atoms with Crippen molar-refractivity contribution >= 4 is 17.6 Å². The van der Waals surface area contributed by atoms with Gasteiger partial charge in [0.1, 0.15) is 18.1 Å². The number of aryl methyl sites for hydroxylation is 2. The monoisotopic (exact) mass is 382 g/mol. The van der Waals surface area contributed by atoms with Crippen LogP contribution in [-0.4, -0.2) is 5.97 Å². The van der Waals surface area contributed by atoms with Gasteiger partial charge >= 0.3 is 5.97 Å². The molecule has 140 valence electrons. The average Bonchev–Trinajstić information content (AvgIpc) is 2.60. The number of halogens is 3. The van der Waals surface area contributed by atoms with Crippen LogP contribution >= 0.6 is 11.6 Å². The van der Waals surface area contributed by atoms with Crippen LogP contribution in [-0.2, 0) is 17.8 Å². The highest BCUT2D eigenvalue weighted by molar-refractivity contribution is 6.31. The van der Waals surface area contributed by atoms with Crippen molar-refractivity contribution in [3.63, 3.8) is 0 Å². The van der Waals surface area contributed by atoms with Gasteiger partial charge in [-0.1, -0.05) is 31.5 Å². The first-order chi connectivity index (χ1) is 12.4. The normalized spacial score (nSPS) is 10.9. The van der Waals surface area contributed by atoms with E-state index in [1.54, 1.807) is 31.2 Å². The first-order valence-corrected chi connectivity index (χ1v) is 8.77. The first kappa shape index (κ1) is 20.2. The Kier molecular flexibility index (Phi) is 6.98. The van der Waals surface area contributed by atoms with E-state index < -0.39 is 12.4 Å². The van der Waals surface area contributed by atoms with Crippen LogP contribution in [0.3, 0.4) is 0 Å². The smallest absolute Gasteiger partial charge is 0.310 e. The van der Waals surface area contributed by atoms with Crippen LogP contribution in [0.25, 0.3) is 0 Å². The summed E-state index contributed by atoms with van der Waals surface area (Å²) in [7, 11) is 0. The van der Waals surface area contributed by atoms with Crippen molar-refractivity contribution in [1.82, 2.24) is 0 Å². The van der Waals surface area contributed by atoms with Gasteiger partial charge in [0.15, 0.2) is 0 Å². The van der Waals surface area contributed by atoms with Crippen molar-refractivity contribution in [3.05, 3.63) is 57.6 Å². The zero-order chi connectivity index (χ0) is 19.3. The molecule has 0 saturated heterocycles. The summed E-state index contributed by atoms with van der Waals surface area (Å²) in [5.74, 6) is -0.0443. The third-order valence-electron chi connectivity index (χ3n) is 4.04. The van der Waals surface area contributed by atoms with E-state index in [0.717, 1.165) is 11.1 Å². The summed E-state index contributed by atoms with van der Waals surface area (Å²) in [6.45, 7) is 5.35. The van der Waals surface area contributed by atoms with Gasteiger partial charge in [0.05, 0.1) is 16.1 Å². The average molecular weight is 383 g/mol. The maximum Gasteiger partial charge on any atom is 0.310 e. The fourth-order valence-corrected chi connectivity index (χ4v) is 2.76. The minimum absolute atomic E-state index is 0.0867. The van der Waals surface area contributed by atoms with Gasteiger partial charge in [-0.2, -0.15) is 0 Å². The van der Waals surface area contributed by atoms with Crippen LogP contribution in [0.1, 0.15) is 48.9 Å². The van der Waals surface area contributed by atoms with E-state index in [-0.39, 0.29) is 30.1 Å². The first-order valence-electron chi connectivity index (χ1n) is 8.39. The maximum absolute atomic E-state index is 13.4. The minimum atomic E-state index is -2.65. The molecule has 0 spiro atoms. The number of rotatable bonds is 7. The molecule has 0 aliphatic carbocycles. The van der Waals surface area contributed by atoms with Gasteiger partial charge in [-0.3, -0.25) is 4.79 Å². The predicted molar refractivity (Wildman–Crippen MR) is 97.2 cm³/mol. The summed E-state index contributed by atoms with van der Waals surface area (Å²) >= 11 is 6.18. The molecular formula is C20H21ClF2O3. The topological polar surface area (TPSA) is 35.5 Å². The summed E-state index contributed by atoms with van der Waals surface area (Å²) in [5, 5.41) is 0.340. The molecule has 0 atom stereocenters. The number of ether oxygens (including phenoxy) is 2. The van der Waals surface area contributed by atoms with Crippen LogP contribution in [0.2, 0.25) is 5.02 Å². The highest BCUT2D eigenvalue weighted by Crippen LogP contribution is 2.34. The summed E-state index contributed by atoms with van der Waals surface area (Å²) in [6, 6.07) is 7.95. The van der Waals surface area contributed by atoms with Crippen molar-refractivity contribution in [2.45, 2.75) is 46.6 Å². The molecule has 0 saturated carbocycles. The summed E-state index contributed by atoms with van der Waals surface area (Å²) in [4.78, 5) is 11.6. The number of alkyl halides is 2. The highest BCUT2D eigenvalue weighted by Gasteiger charge is 2.18. The van der Waals surface area contributed by atoms with E-state index in [1.807, 2.05) is 13.8 Å². The number of benzene rings is 2. The summed E-state index contributed by atoms with van der Waals surface area (Å²) in [5.41, 5.74) is 2.01. The fraction of sp³-hybridized carbons (Fsp3) is 0.350. The zero-order valence-corrected chi connectivity index (χ0v) is 15.7. The lowest BCUT2D eigenvalue weighted by molar-refractivity contribution is -0.134. The second kappa shape index (κ2) is 8.99. The standard InChI is InChI=1S/C20H21ClF2O3/c1-4-13-10-14(20(22)23)18(9-12(13)3)25-11-15-16(21)7-6-8-17(15)26-19(24)5-2/h6-10,20H,4-5,11H2,1-3H3. The second-order valence-electron chi connectivity index (χ2n) is 5.80. The Morgan fingerprint density at radius 2 is 1.92 bits per heavy atom. The van der Waals surface area contributed by atoms with Crippen LogP contribution in [0.5, 0.6) is 11.5 Å². The molecule has 0 heterocycles. The summed E-state index contributed by atoms with van der Waals surface area (Å²) in [6.07, 6.45) is -1.78. The molecule has 3 nitrogen and oxygen atoms in total. The molecule has 2 aromatic rings.